The lowest BCUT2D eigenvalue weighted by atomic mass is 10.0. The van der Waals surface area contributed by atoms with E-state index in [4.69, 9.17) is 0 Å². The minimum absolute atomic E-state index is 0.483. The van der Waals surface area contributed by atoms with Gasteiger partial charge in [0, 0.05) is 19.6 Å². The number of rotatable bonds is 6. The number of nitrogens with zero attached hydrogens (tertiary/aromatic N) is 5. The van der Waals surface area contributed by atoms with Crippen LogP contribution in [0.4, 0.5) is 5.82 Å². The van der Waals surface area contributed by atoms with E-state index in [2.05, 4.69) is 53.2 Å². The first-order valence-electron chi connectivity index (χ1n) is 7.02. The van der Waals surface area contributed by atoms with Crippen molar-refractivity contribution in [2.24, 2.45) is 13.0 Å². The van der Waals surface area contributed by atoms with Crippen LogP contribution in [0.5, 0.6) is 0 Å². The zero-order valence-electron chi connectivity index (χ0n) is 13.0. The summed E-state index contributed by atoms with van der Waals surface area (Å²) >= 11 is 0. The summed E-state index contributed by atoms with van der Waals surface area (Å²) < 4.78 is 1.76. The molecule has 2 heterocycles. The van der Waals surface area contributed by atoms with Crippen molar-refractivity contribution in [3.05, 3.63) is 12.5 Å². The third kappa shape index (κ3) is 3.25. The third-order valence-corrected chi connectivity index (χ3v) is 3.51. The van der Waals surface area contributed by atoms with Crippen molar-refractivity contribution >= 4 is 16.9 Å². The maximum Gasteiger partial charge on any atom is 0.163 e. The molecular weight excluding hydrogens is 252 g/mol. The minimum atomic E-state index is 0.483. The Morgan fingerprint density at radius 2 is 2.05 bits per heavy atom. The molecule has 1 unspecified atom stereocenters. The van der Waals surface area contributed by atoms with Gasteiger partial charge in [0.1, 0.15) is 12.1 Å². The maximum atomic E-state index is 4.34. The van der Waals surface area contributed by atoms with Gasteiger partial charge in [0.25, 0.3) is 0 Å². The fraction of sp³-hybridized carbons (Fsp3) is 0.643. The minimum Gasteiger partial charge on any atom is -0.368 e. The summed E-state index contributed by atoms with van der Waals surface area (Å²) in [7, 11) is 6.13. The first-order chi connectivity index (χ1) is 9.49. The standard InChI is InChI=1S/C14H24N6/c1-10(2)6-11(19(3)4)7-15-13-12-8-18-20(5)14(12)17-9-16-13/h8-11H,6-7H2,1-5H3,(H,15,16,17). The fourth-order valence-electron chi connectivity index (χ4n) is 2.34. The van der Waals surface area contributed by atoms with Crippen LogP contribution >= 0.6 is 0 Å². The Hall–Kier alpha value is -1.69. The molecule has 20 heavy (non-hydrogen) atoms. The Bertz CT molecular complexity index is 560. The second-order valence-corrected chi connectivity index (χ2v) is 5.86. The molecule has 110 valence electrons. The van der Waals surface area contributed by atoms with Crippen LogP contribution in [0, 0.1) is 5.92 Å². The number of nitrogens with one attached hydrogen (secondary N) is 1. The first kappa shape index (κ1) is 14.7. The van der Waals surface area contributed by atoms with Gasteiger partial charge in [0.15, 0.2) is 5.65 Å². The normalized spacial score (nSPS) is 13.3. The second-order valence-electron chi connectivity index (χ2n) is 5.86. The van der Waals surface area contributed by atoms with Crippen molar-refractivity contribution < 1.29 is 0 Å². The SMILES string of the molecule is CC(C)CC(CNc1ncnc2c1cnn2C)N(C)C. The third-order valence-electron chi connectivity index (χ3n) is 3.51. The Labute approximate surface area is 120 Å². The molecule has 1 N–H and O–H groups in total. The summed E-state index contributed by atoms with van der Waals surface area (Å²) in [5.74, 6) is 1.53. The highest BCUT2D eigenvalue weighted by atomic mass is 15.3. The van der Waals surface area contributed by atoms with Gasteiger partial charge in [-0.05, 0) is 26.4 Å². The molecule has 0 amide bonds. The molecule has 0 spiro atoms. The highest BCUT2D eigenvalue weighted by Crippen LogP contribution is 2.18. The van der Waals surface area contributed by atoms with Crippen molar-refractivity contribution in [2.45, 2.75) is 26.3 Å². The Balaban J connectivity index is 2.11. The molecule has 0 saturated carbocycles. The van der Waals surface area contributed by atoms with Crippen molar-refractivity contribution in [1.82, 2.24) is 24.6 Å². The molecule has 6 heteroatoms. The largest absolute Gasteiger partial charge is 0.368 e. The van der Waals surface area contributed by atoms with Gasteiger partial charge in [-0.2, -0.15) is 5.10 Å². The van der Waals surface area contributed by atoms with Crippen LogP contribution in [0.3, 0.4) is 0 Å². The number of hydrogen-bond donors (Lipinski definition) is 1. The maximum absolute atomic E-state index is 4.34. The zero-order valence-corrected chi connectivity index (χ0v) is 13.0. The van der Waals surface area contributed by atoms with E-state index in [0.29, 0.717) is 12.0 Å². The predicted octanol–water partition coefficient (Wildman–Crippen LogP) is 1.75. The number of aryl methyl sites for hydroxylation is 1. The molecule has 6 nitrogen and oxygen atoms in total. The molecule has 0 fully saturated rings. The summed E-state index contributed by atoms with van der Waals surface area (Å²) in [6, 6.07) is 0.483. The van der Waals surface area contributed by atoms with Gasteiger partial charge in [-0.25, -0.2) is 9.97 Å². The van der Waals surface area contributed by atoms with E-state index in [1.807, 2.05) is 13.2 Å². The van der Waals surface area contributed by atoms with E-state index in [0.717, 1.165) is 29.8 Å². The van der Waals surface area contributed by atoms with E-state index in [1.165, 1.54) is 0 Å². The number of fused-ring (bicyclic) bond motifs is 1. The molecule has 0 aromatic carbocycles. The van der Waals surface area contributed by atoms with Gasteiger partial charge in [0.05, 0.1) is 11.6 Å². The highest BCUT2D eigenvalue weighted by molar-refractivity contribution is 5.85. The van der Waals surface area contributed by atoms with Gasteiger partial charge in [-0.3, -0.25) is 4.68 Å². The average molecular weight is 276 g/mol. The van der Waals surface area contributed by atoms with Crippen LogP contribution in [0.25, 0.3) is 11.0 Å². The molecule has 0 aliphatic carbocycles. The summed E-state index contributed by atoms with van der Waals surface area (Å²) in [5.41, 5.74) is 0.854. The Morgan fingerprint density at radius 1 is 1.30 bits per heavy atom. The smallest absolute Gasteiger partial charge is 0.163 e. The quantitative estimate of drug-likeness (QED) is 0.871. The number of aromatic nitrogens is 4. The molecule has 0 saturated heterocycles. The monoisotopic (exact) mass is 276 g/mol. The van der Waals surface area contributed by atoms with Gasteiger partial charge < -0.3 is 10.2 Å². The summed E-state index contributed by atoms with van der Waals surface area (Å²) in [6.07, 6.45) is 4.55. The van der Waals surface area contributed by atoms with Crippen LogP contribution in [-0.2, 0) is 7.05 Å². The lowest BCUT2D eigenvalue weighted by Crippen LogP contribution is -2.35. The zero-order chi connectivity index (χ0) is 14.7. The van der Waals surface area contributed by atoms with E-state index in [-0.39, 0.29) is 0 Å². The average Bonchev–Trinajstić information content (AvgIpc) is 2.76. The lowest BCUT2D eigenvalue weighted by Gasteiger charge is -2.26. The van der Waals surface area contributed by atoms with E-state index < -0.39 is 0 Å². The number of hydrogen-bond acceptors (Lipinski definition) is 5. The van der Waals surface area contributed by atoms with E-state index in [9.17, 15) is 0 Å². The van der Waals surface area contributed by atoms with Gasteiger partial charge in [0.2, 0.25) is 0 Å². The number of likely N-dealkylation sites (N-methyl/N-ethyl adjacent to an activating group) is 1. The Morgan fingerprint density at radius 3 is 2.70 bits per heavy atom. The molecular formula is C14H24N6. The summed E-state index contributed by atoms with van der Waals surface area (Å²) in [4.78, 5) is 10.8. The van der Waals surface area contributed by atoms with E-state index >= 15 is 0 Å². The fourth-order valence-corrected chi connectivity index (χ4v) is 2.34. The lowest BCUT2D eigenvalue weighted by molar-refractivity contribution is 0.266. The van der Waals surface area contributed by atoms with Gasteiger partial charge >= 0.3 is 0 Å². The topological polar surface area (TPSA) is 58.9 Å². The molecule has 0 bridgehead atoms. The van der Waals surface area contributed by atoms with Crippen molar-refractivity contribution in [3.63, 3.8) is 0 Å². The van der Waals surface area contributed by atoms with Crippen LogP contribution in [0.15, 0.2) is 12.5 Å². The second kappa shape index (κ2) is 6.17. The van der Waals surface area contributed by atoms with Crippen LogP contribution in [0.1, 0.15) is 20.3 Å². The predicted molar refractivity (Wildman–Crippen MR) is 81.7 cm³/mol. The van der Waals surface area contributed by atoms with Crippen molar-refractivity contribution in [2.75, 3.05) is 26.0 Å². The Kier molecular flexibility index (Phi) is 4.54. The van der Waals surface area contributed by atoms with Gasteiger partial charge in [-0.15, -0.1) is 0 Å². The van der Waals surface area contributed by atoms with Crippen LogP contribution in [0.2, 0.25) is 0 Å². The molecule has 0 aliphatic heterocycles. The molecule has 0 radical (unpaired) electrons. The van der Waals surface area contributed by atoms with E-state index in [1.54, 1.807) is 11.0 Å². The molecule has 1 atom stereocenters. The van der Waals surface area contributed by atoms with Crippen molar-refractivity contribution in [3.8, 4) is 0 Å². The highest BCUT2D eigenvalue weighted by Gasteiger charge is 2.14. The number of anilines is 1. The molecule has 2 aromatic heterocycles. The summed E-state index contributed by atoms with van der Waals surface area (Å²) in [5, 5.41) is 8.64. The van der Waals surface area contributed by atoms with Crippen molar-refractivity contribution in [1.29, 1.82) is 0 Å². The molecule has 2 rings (SSSR count). The van der Waals surface area contributed by atoms with Crippen LogP contribution in [-0.4, -0.2) is 51.3 Å². The molecule has 2 aromatic rings. The summed E-state index contributed by atoms with van der Waals surface area (Å²) in [6.45, 7) is 5.37. The first-order valence-corrected chi connectivity index (χ1v) is 7.02. The van der Waals surface area contributed by atoms with Crippen LogP contribution < -0.4 is 5.32 Å². The molecule has 0 aliphatic rings. The van der Waals surface area contributed by atoms with Gasteiger partial charge in [-0.1, -0.05) is 13.8 Å².